The van der Waals surface area contributed by atoms with Gasteiger partial charge in [0.2, 0.25) is 0 Å². The van der Waals surface area contributed by atoms with Gasteiger partial charge in [0.1, 0.15) is 17.9 Å². The number of hydrogen-bond acceptors (Lipinski definition) is 6. The Labute approximate surface area is 187 Å². The van der Waals surface area contributed by atoms with E-state index < -0.39 is 9.84 Å². The summed E-state index contributed by atoms with van der Waals surface area (Å²) < 4.78 is 31.2. The van der Waals surface area contributed by atoms with Crippen LogP contribution < -0.4 is 4.74 Å². The SMILES string of the molecule is Cc1cc(-c2ccnn2C)c2cccc(OCc3c(C)cncc3/C=C/S(C)(=O)=O)c2n1. The predicted octanol–water partition coefficient (Wildman–Crippen LogP) is 4.24. The lowest BCUT2D eigenvalue weighted by Crippen LogP contribution is -2.03. The molecule has 0 N–H and O–H groups in total. The van der Waals surface area contributed by atoms with E-state index in [1.54, 1.807) is 24.7 Å². The van der Waals surface area contributed by atoms with Crippen molar-refractivity contribution in [1.82, 2.24) is 19.7 Å². The number of sulfone groups is 1. The van der Waals surface area contributed by atoms with Gasteiger partial charge in [-0.05, 0) is 43.7 Å². The average Bonchev–Trinajstić information content (AvgIpc) is 3.16. The second kappa shape index (κ2) is 8.55. The van der Waals surface area contributed by atoms with Crippen LogP contribution in [0.1, 0.15) is 22.4 Å². The minimum atomic E-state index is -3.25. The molecule has 8 heteroatoms. The number of pyridine rings is 2. The first-order chi connectivity index (χ1) is 15.2. The highest BCUT2D eigenvalue weighted by Crippen LogP contribution is 2.33. The zero-order valence-corrected chi connectivity index (χ0v) is 19.2. The molecule has 0 saturated carbocycles. The minimum absolute atomic E-state index is 0.258. The summed E-state index contributed by atoms with van der Waals surface area (Å²) in [5.41, 5.74) is 6.17. The van der Waals surface area contributed by atoms with Crippen molar-refractivity contribution in [2.24, 2.45) is 7.05 Å². The molecule has 0 saturated heterocycles. The van der Waals surface area contributed by atoms with E-state index in [9.17, 15) is 8.42 Å². The number of para-hydroxylation sites is 1. The summed E-state index contributed by atoms with van der Waals surface area (Å²) in [4.78, 5) is 8.93. The summed E-state index contributed by atoms with van der Waals surface area (Å²) in [6.07, 6.45) is 7.86. The van der Waals surface area contributed by atoms with Gasteiger partial charge < -0.3 is 4.74 Å². The molecule has 7 nitrogen and oxygen atoms in total. The Bertz CT molecular complexity index is 1440. The van der Waals surface area contributed by atoms with Gasteiger partial charge in [-0.2, -0.15) is 5.10 Å². The average molecular weight is 449 g/mol. The van der Waals surface area contributed by atoms with Crippen LogP contribution in [0, 0.1) is 13.8 Å². The Morgan fingerprint density at radius 2 is 1.97 bits per heavy atom. The first-order valence-corrected chi connectivity index (χ1v) is 12.0. The number of aromatic nitrogens is 4. The van der Waals surface area contributed by atoms with Crippen LogP contribution in [0.4, 0.5) is 0 Å². The molecule has 0 aliphatic rings. The normalized spacial score (nSPS) is 12.0. The van der Waals surface area contributed by atoms with Gasteiger partial charge in [-0.1, -0.05) is 12.1 Å². The molecule has 164 valence electrons. The first kappa shape index (κ1) is 21.7. The third kappa shape index (κ3) is 4.55. The zero-order chi connectivity index (χ0) is 22.9. The molecule has 0 fully saturated rings. The van der Waals surface area contributed by atoms with E-state index in [1.807, 2.05) is 55.9 Å². The standard InChI is InChI=1S/C24H24N4O3S/c1-16-13-25-14-18(9-11-32(4,29)30)21(16)15-31-23-7-5-6-19-20(12-17(2)27-24(19)23)22-8-10-26-28(22)3/h5-14H,15H2,1-4H3/b11-9+. The van der Waals surface area contributed by atoms with Gasteiger partial charge in [0.15, 0.2) is 9.84 Å². The second-order valence-electron chi connectivity index (χ2n) is 7.75. The van der Waals surface area contributed by atoms with Gasteiger partial charge in [0.25, 0.3) is 0 Å². The fourth-order valence-electron chi connectivity index (χ4n) is 3.62. The third-order valence-corrected chi connectivity index (χ3v) is 5.83. The topological polar surface area (TPSA) is 87.0 Å². The Morgan fingerprint density at radius 3 is 2.69 bits per heavy atom. The number of benzene rings is 1. The molecule has 0 amide bonds. The summed E-state index contributed by atoms with van der Waals surface area (Å²) in [7, 11) is -1.34. The number of ether oxygens (including phenoxy) is 1. The second-order valence-corrected chi connectivity index (χ2v) is 9.68. The van der Waals surface area contributed by atoms with Gasteiger partial charge in [-0.3, -0.25) is 9.67 Å². The maximum atomic E-state index is 11.6. The number of nitrogens with zero attached hydrogens (tertiary/aromatic N) is 4. The molecule has 0 unspecified atom stereocenters. The van der Waals surface area contributed by atoms with Crippen LogP contribution in [-0.2, 0) is 23.5 Å². The van der Waals surface area contributed by atoms with E-state index in [-0.39, 0.29) is 6.61 Å². The number of hydrogen-bond donors (Lipinski definition) is 0. The molecule has 3 heterocycles. The molecule has 0 spiro atoms. The largest absolute Gasteiger partial charge is 0.487 e. The first-order valence-electron chi connectivity index (χ1n) is 10.1. The van der Waals surface area contributed by atoms with Gasteiger partial charge in [0.05, 0.1) is 5.69 Å². The molecule has 1 aromatic carbocycles. The van der Waals surface area contributed by atoms with Gasteiger partial charge in [-0.15, -0.1) is 0 Å². The predicted molar refractivity (Wildman–Crippen MR) is 126 cm³/mol. The van der Waals surface area contributed by atoms with Gasteiger partial charge in [0, 0.05) is 65.1 Å². The Balaban J connectivity index is 1.74. The molecule has 0 radical (unpaired) electrons. The Kier molecular flexibility index (Phi) is 5.80. The van der Waals surface area contributed by atoms with Gasteiger partial charge >= 0.3 is 0 Å². The van der Waals surface area contributed by atoms with Crippen LogP contribution in [-0.4, -0.2) is 34.4 Å². The lowest BCUT2D eigenvalue weighted by molar-refractivity contribution is 0.308. The van der Waals surface area contributed by atoms with Crippen molar-refractivity contribution in [2.75, 3.05) is 6.26 Å². The third-order valence-electron chi connectivity index (χ3n) is 5.20. The smallest absolute Gasteiger partial charge is 0.168 e. The van der Waals surface area contributed by atoms with Crippen LogP contribution in [0.25, 0.3) is 28.2 Å². The quantitative estimate of drug-likeness (QED) is 0.438. The summed E-state index contributed by atoms with van der Waals surface area (Å²) in [5, 5.41) is 6.44. The van der Waals surface area contributed by atoms with E-state index in [1.165, 1.54) is 5.41 Å². The van der Waals surface area contributed by atoms with Crippen LogP contribution in [0.2, 0.25) is 0 Å². The summed E-state index contributed by atoms with van der Waals surface area (Å²) in [6.45, 7) is 4.14. The van der Waals surface area contributed by atoms with Crippen molar-refractivity contribution in [1.29, 1.82) is 0 Å². The highest BCUT2D eigenvalue weighted by Gasteiger charge is 2.14. The fourth-order valence-corrected chi connectivity index (χ4v) is 4.01. The molecule has 4 aromatic rings. The number of rotatable bonds is 6. The van der Waals surface area contributed by atoms with Crippen LogP contribution >= 0.6 is 0 Å². The maximum Gasteiger partial charge on any atom is 0.168 e. The van der Waals surface area contributed by atoms with Crippen LogP contribution in [0.15, 0.2) is 54.3 Å². The number of aryl methyl sites for hydroxylation is 3. The molecule has 32 heavy (non-hydrogen) atoms. The van der Waals surface area contributed by atoms with E-state index >= 15 is 0 Å². The lowest BCUT2D eigenvalue weighted by Gasteiger charge is -2.14. The zero-order valence-electron chi connectivity index (χ0n) is 18.4. The highest BCUT2D eigenvalue weighted by molar-refractivity contribution is 7.93. The number of fused-ring (bicyclic) bond motifs is 1. The fraction of sp³-hybridized carbons (Fsp3) is 0.208. The van der Waals surface area contributed by atoms with E-state index in [0.29, 0.717) is 11.3 Å². The van der Waals surface area contributed by atoms with Crippen molar-refractivity contribution in [3.8, 4) is 17.0 Å². The molecule has 0 bridgehead atoms. The van der Waals surface area contributed by atoms with E-state index in [2.05, 4.69) is 10.1 Å². The Hall–Kier alpha value is -3.52. The molecular weight excluding hydrogens is 424 g/mol. The van der Waals surface area contributed by atoms with Crippen molar-refractivity contribution in [2.45, 2.75) is 20.5 Å². The Morgan fingerprint density at radius 1 is 1.16 bits per heavy atom. The molecule has 0 atom stereocenters. The molecule has 3 aromatic heterocycles. The minimum Gasteiger partial charge on any atom is -0.487 e. The lowest BCUT2D eigenvalue weighted by atomic mass is 10.0. The van der Waals surface area contributed by atoms with Crippen LogP contribution in [0.5, 0.6) is 5.75 Å². The summed E-state index contributed by atoms with van der Waals surface area (Å²) >= 11 is 0. The van der Waals surface area contributed by atoms with Crippen molar-refractivity contribution in [3.63, 3.8) is 0 Å². The highest BCUT2D eigenvalue weighted by atomic mass is 32.2. The molecular formula is C24H24N4O3S. The van der Waals surface area contributed by atoms with Crippen molar-refractivity contribution in [3.05, 3.63) is 76.7 Å². The van der Waals surface area contributed by atoms with E-state index in [4.69, 9.17) is 9.72 Å². The van der Waals surface area contributed by atoms with Crippen LogP contribution in [0.3, 0.4) is 0 Å². The summed E-state index contributed by atoms with van der Waals surface area (Å²) in [5.74, 6) is 0.656. The molecule has 0 aliphatic heterocycles. The van der Waals surface area contributed by atoms with Crippen molar-refractivity contribution >= 4 is 26.8 Å². The molecule has 4 rings (SSSR count). The maximum absolute atomic E-state index is 11.6. The monoisotopic (exact) mass is 448 g/mol. The van der Waals surface area contributed by atoms with Crippen molar-refractivity contribution < 1.29 is 13.2 Å². The van der Waals surface area contributed by atoms with E-state index in [0.717, 1.165) is 45.2 Å². The van der Waals surface area contributed by atoms with Gasteiger partial charge in [-0.25, -0.2) is 13.4 Å². The molecule has 0 aliphatic carbocycles. The summed E-state index contributed by atoms with van der Waals surface area (Å²) in [6, 6.07) is 9.88.